The third-order valence-electron chi connectivity index (χ3n) is 15.2. The van der Waals surface area contributed by atoms with Crippen LogP contribution < -0.4 is 10.6 Å². The molecule has 0 unspecified atom stereocenters. The molecule has 61 heavy (non-hydrogen) atoms. The monoisotopic (exact) mass is 843 g/mol. The molecule has 10 atom stereocenters. The summed E-state index contributed by atoms with van der Waals surface area (Å²) in [6, 6.07) is 8.68. The van der Waals surface area contributed by atoms with E-state index < -0.39 is 28.8 Å². The number of rotatable bonds is 17. The maximum Gasteiger partial charge on any atom is 0.146 e. The number of carbonyl (C=O) groups excluding carboxylic acids is 1. The van der Waals surface area contributed by atoms with E-state index in [0.29, 0.717) is 58.1 Å². The summed E-state index contributed by atoms with van der Waals surface area (Å²) in [4.78, 5) is 12.8. The maximum atomic E-state index is 13.2. The fraction of sp³-hybridized carbons (Fsp3) is 0.627. The topological polar surface area (TPSA) is 161 Å². The van der Waals surface area contributed by atoms with Gasteiger partial charge in [-0.15, -0.1) is 0 Å². The second kappa shape index (κ2) is 20.6. The number of hydrogen-bond acceptors (Lipinski definition) is 10. The number of hydrogen-bond donors (Lipinski definition) is 7. The van der Waals surface area contributed by atoms with Crippen molar-refractivity contribution in [2.45, 2.75) is 114 Å². The highest BCUT2D eigenvalue weighted by Crippen LogP contribution is 2.72. The van der Waals surface area contributed by atoms with E-state index in [0.717, 1.165) is 66.3 Å². The standard InChI is InChI=1S/C51H74N2O8/c1-35(40-15-14-36(2)47(58)53-48(3,23-27-60-5)31-38-11-7-10-37(29-38)30-40)9-6-12-42(33-61-28-26-55)43-17-21-51(46(43)57)45-39(18-25-54)16-20-49(34-50(51,59)22-24-52-4)19-8-13-41(32-56)44(45)49/h6-7,9-12,14,16,20,29,32,39-40,43,45-47,52-55,57-59H,1,8,13,15,17-19,21-28,30-31,33-34H2,2-5H3/t39-,40-,43-,45+,46-,47+,48-,49+,50-,51-/m1/s1. The largest absolute Gasteiger partial charge is 0.396 e. The van der Waals surface area contributed by atoms with Crippen molar-refractivity contribution in [3.8, 4) is 0 Å². The molecule has 0 aromatic heterocycles. The maximum absolute atomic E-state index is 13.2. The van der Waals surface area contributed by atoms with Gasteiger partial charge in [-0.3, -0.25) is 10.1 Å². The third kappa shape index (κ3) is 9.88. The Bertz CT molecular complexity index is 1850. The Kier molecular flexibility index (Phi) is 16.1. The number of nitrogens with one attached hydrogen (secondary N) is 2. The fourth-order valence-corrected chi connectivity index (χ4v) is 12.2. The summed E-state index contributed by atoms with van der Waals surface area (Å²) in [7, 11) is 3.58. The zero-order valence-electron chi connectivity index (χ0n) is 37.2. The molecule has 2 fully saturated rings. The van der Waals surface area contributed by atoms with E-state index in [1.807, 2.05) is 32.2 Å². The van der Waals surface area contributed by atoms with Crippen LogP contribution >= 0.6 is 0 Å². The van der Waals surface area contributed by atoms with E-state index in [2.05, 4.69) is 66.6 Å². The Morgan fingerprint density at radius 3 is 2.66 bits per heavy atom. The predicted octanol–water partition coefficient (Wildman–Crippen LogP) is 5.84. The summed E-state index contributed by atoms with van der Waals surface area (Å²) < 4.78 is 11.4. The minimum Gasteiger partial charge on any atom is -0.396 e. The first-order valence-corrected chi connectivity index (χ1v) is 22.8. The Morgan fingerprint density at radius 2 is 1.92 bits per heavy atom. The van der Waals surface area contributed by atoms with E-state index in [9.17, 15) is 30.3 Å². The van der Waals surface area contributed by atoms with E-state index in [1.165, 1.54) is 11.1 Å². The molecule has 5 aliphatic rings. The molecule has 336 valence electrons. The van der Waals surface area contributed by atoms with Crippen LogP contribution in [-0.4, -0.2) is 109 Å². The van der Waals surface area contributed by atoms with Gasteiger partial charge in [0.15, 0.2) is 0 Å². The Labute approximate surface area is 364 Å². The third-order valence-corrected chi connectivity index (χ3v) is 15.2. The molecule has 0 amide bonds. The van der Waals surface area contributed by atoms with Crippen molar-refractivity contribution in [1.82, 2.24) is 10.6 Å². The molecule has 6 rings (SSSR count). The molecule has 1 heterocycles. The number of fused-ring (bicyclic) bond motifs is 3. The molecular weight excluding hydrogens is 769 g/mol. The number of carbonyl (C=O) groups is 1. The van der Waals surface area contributed by atoms with Crippen molar-refractivity contribution in [1.29, 1.82) is 0 Å². The van der Waals surface area contributed by atoms with Crippen LogP contribution in [0.2, 0.25) is 0 Å². The highest BCUT2D eigenvalue weighted by molar-refractivity contribution is 5.77. The quantitative estimate of drug-likeness (QED) is 0.0440. The number of allylic oxidation sites excluding steroid dienone is 9. The van der Waals surface area contributed by atoms with Crippen LogP contribution in [0.25, 0.3) is 0 Å². The van der Waals surface area contributed by atoms with Crippen LogP contribution in [0.15, 0.2) is 95.2 Å². The molecule has 2 saturated carbocycles. The van der Waals surface area contributed by atoms with Crippen LogP contribution in [0.5, 0.6) is 0 Å². The number of methoxy groups -OCH3 is 1. The van der Waals surface area contributed by atoms with Crippen LogP contribution in [-0.2, 0) is 27.1 Å². The normalized spacial score (nSPS) is 35.5. The van der Waals surface area contributed by atoms with Gasteiger partial charge in [-0.1, -0.05) is 72.9 Å². The Balaban J connectivity index is 1.33. The number of benzene rings is 1. The lowest BCUT2D eigenvalue weighted by Crippen LogP contribution is -2.67. The summed E-state index contributed by atoms with van der Waals surface area (Å²) >= 11 is 0. The summed E-state index contributed by atoms with van der Waals surface area (Å²) in [6.07, 6.45) is 19.7. The number of aldehydes is 1. The molecule has 0 radical (unpaired) electrons. The number of aliphatic hydroxyl groups excluding tert-OH is 4. The minimum atomic E-state index is -1.24. The first-order valence-electron chi connectivity index (χ1n) is 22.8. The molecular formula is C51H74N2O8. The average molecular weight is 843 g/mol. The van der Waals surface area contributed by atoms with Crippen molar-refractivity contribution in [2.75, 3.05) is 53.7 Å². The van der Waals surface area contributed by atoms with E-state index in [1.54, 1.807) is 7.11 Å². The lowest BCUT2D eigenvalue weighted by atomic mass is 9.40. The SMILES string of the molecule is C=C(C=CC=C(COCCO)[C@H]1CC[C@]2([C@@H]1O)[C@@H]1C3=C(C=O)CCC[C@]3(C=C[C@@H]1CCO)C[C@]2(O)CCNC)[C@@H]1CC=C(C)[C@H](O)N[C@](C)(CCOC)Cc2cccc(c2)C1. The average Bonchev–Trinajstić information content (AvgIpc) is 3.59. The van der Waals surface area contributed by atoms with Gasteiger partial charge in [0.25, 0.3) is 0 Å². The molecule has 0 saturated heterocycles. The van der Waals surface area contributed by atoms with Crippen LogP contribution in [0.4, 0.5) is 0 Å². The highest BCUT2D eigenvalue weighted by atomic mass is 16.5. The molecule has 1 spiro atoms. The van der Waals surface area contributed by atoms with Crippen molar-refractivity contribution >= 4 is 6.29 Å². The lowest BCUT2D eigenvalue weighted by Gasteiger charge is -2.66. The molecule has 10 nitrogen and oxygen atoms in total. The molecule has 1 aliphatic heterocycles. The van der Waals surface area contributed by atoms with Crippen LogP contribution in [0.1, 0.15) is 89.2 Å². The van der Waals surface area contributed by atoms with Gasteiger partial charge in [0, 0.05) is 42.6 Å². The number of aliphatic hydroxyl groups is 5. The molecule has 1 aromatic carbocycles. The molecule has 7 N–H and O–H groups in total. The highest BCUT2D eigenvalue weighted by Gasteiger charge is 2.71. The van der Waals surface area contributed by atoms with E-state index in [4.69, 9.17) is 9.47 Å². The molecule has 4 aliphatic carbocycles. The second-order valence-corrected chi connectivity index (χ2v) is 19.2. The molecule has 10 heteroatoms. The fourth-order valence-electron chi connectivity index (χ4n) is 12.2. The first kappa shape index (κ1) is 47.4. The summed E-state index contributed by atoms with van der Waals surface area (Å²) in [5, 5.41) is 64.3. The van der Waals surface area contributed by atoms with E-state index >= 15 is 0 Å². The van der Waals surface area contributed by atoms with Crippen molar-refractivity contribution in [3.05, 3.63) is 106 Å². The van der Waals surface area contributed by atoms with Crippen LogP contribution in [0.3, 0.4) is 0 Å². The van der Waals surface area contributed by atoms with Crippen molar-refractivity contribution in [3.63, 3.8) is 0 Å². The van der Waals surface area contributed by atoms with Gasteiger partial charge in [-0.25, -0.2) is 0 Å². The van der Waals surface area contributed by atoms with Gasteiger partial charge < -0.3 is 40.3 Å². The van der Waals surface area contributed by atoms with Gasteiger partial charge in [0.2, 0.25) is 0 Å². The first-order chi connectivity index (χ1) is 29.3. The Morgan fingerprint density at radius 1 is 1.11 bits per heavy atom. The van der Waals surface area contributed by atoms with Gasteiger partial charge in [0.1, 0.15) is 12.5 Å². The van der Waals surface area contributed by atoms with Gasteiger partial charge in [0.05, 0.1) is 31.5 Å². The second-order valence-electron chi connectivity index (χ2n) is 19.2. The van der Waals surface area contributed by atoms with Gasteiger partial charge in [-0.05, 0) is 156 Å². The summed E-state index contributed by atoms with van der Waals surface area (Å²) in [5.74, 6) is -0.745. The van der Waals surface area contributed by atoms with Crippen LogP contribution in [0, 0.1) is 34.5 Å². The zero-order chi connectivity index (χ0) is 43.8. The van der Waals surface area contributed by atoms with Crippen molar-refractivity contribution in [2.24, 2.45) is 34.5 Å². The predicted molar refractivity (Wildman–Crippen MR) is 240 cm³/mol. The number of ether oxygens (including phenoxy) is 2. The Hall–Kier alpha value is -3.03. The summed E-state index contributed by atoms with van der Waals surface area (Å²) in [6.45, 7) is 10.00. The lowest BCUT2D eigenvalue weighted by molar-refractivity contribution is -0.207. The molecule has 4 bridgehead atoms. The van der Waals surface area contributed by atoms with Gasteiger partial charge in [-0.2, -0.15) is 0 Å². The smallest absolute Gasteiger partial charge is 0.146 e. The molecule has 1 aromatic rings. The summed E-state index contributed by atoms with van der Waals surface area (Å²) in [5.41, 5.74) is 3.93. The van der Waals surface area contributed by atoms with E-state index in [-0.39, 0.29) is 55.6 Å². The van der Waals surface area contributed by atoms with Crippen molar-refractivity contribution < 1.29 is 39.8 Å². The van der Waals surface area contributed by atoms with Gasteiger partial charge >= 0.3 is 0 Å². The zero-order valence-corrected chi connectivity index (χ0v) is 37.2. The minimum absolute atomic E-state index is 0.0326.